The van der Waals surface area contributed by atoms with Crippen molar-refractivity contribution in [3.63, 3.8) is 0 Å². The Balaban J connectivity index is 1.64. The smallest absolute Gasteiger partial charge is 0.276 e. The molecule has 0 bridgehead atoms. The van der Waals surface area contributed by atoms with E-state index in [9.17, 15) is 4.79 Å². The zero-order valence-electron chi connectivity index (χ0n) is 11.6. The number of aromatic amines is 1. The molecule has 0 saturated carbocycles. The Labute approximate surface area is 153 Å². The van der Waals surface area contributed by atoms with Gasteiger partial charge in [0, 0.05) is 4.47 Å². The molecular weight excluding hydrogens is 444 g/mol. The van der Waals surface area contributed by atoms with Gasteiger partial charge in [0.1, 0.15) is 0 Å². The lowest BCUT2D eigenvalue weighted by Crippen LogP contribution is -2.17. The number of hydrogen-bond acceptors (Lipinski definition) is 4. The van der Waals surface area contributed by atoms with E-state index in [2.05, 4.69) is 52.6 Å². The molecule has 2 heterocycles. The molecule has 8 heteroatoms. The largest absolute Gasteiger partial charge is 0.291 e. The van der Waals surface area contributed by atoms with E-state index in [1.807, 2.05) is 36.4 Å². The van der Waals surface area contributed by atoms with Crippen molar-refractivity contribution in [2.24, 2.45) is 5.10 Å². The Morgan fingerprint density at radius 1 is 1.22 bits per heavy atom. The molecule has 0 atom stereocenters. The molecule has 2 aromatic heterocycles. The Hall–Kier alpha value is -1.77. The van der Waals surface area contributed by atoms with Crippen molar-refractivity contribution in [3.05, 3.63) is 62.0 Å². The predicted octanol–water partition coefficient (Wildman–Crippen LogP) is 4.43. The van der Waals surface area contributed by atoms with Crippen molar-refractivity contribution in [2.45, 2.75) is 0 Å². The second-order valence-corrected chi connectivity index (χ2v) is 7.90. The van der Waals surface area contributed by atoms with Gasteiger partial charge in [-0.1, -0.05) is 28.1 Å². The predicted molar refractivity (Wildman–Crippen MR) is 98.8 cm³/mol. The molecule has 2 N–H and O–H groups in total. The van der Waals surface area contributed by atoms with E-state index < -0.39 is 0 Å². The molecule has 0 unspecified atom stereocenters. The lowest BCUT2D eigenvalue weighted by Gasteiger charge is -1.95. The summed E-state index contributed by atoms with van der Waals surface area (Å²) >= 11 is 8.33. The summed E-state index contributed by atoms with van der Waals surface area (Å²) < 4.78 is 2.01. The van der Waals surface area contributed by atoms with Gasteiger partial charge in [0.2, 0.25) is 0 Å². The molecule has 1 amide bonds. The van der Waals surface area contributed by atoms with Crippen LogP contribution in [0.25, 0.3) is 10.6 Å². The third kappa shape index (κ3) is 4.15. The molecule has 0 aliphatic rings. The molecule has 0 radical (unpaired) electrons. The number of thiophene rings is 1. The van der Waals surface area contributed by atoms with Gasteiger partial charge < -0.3 is 0 Å². The van der Waals surface area contributed by atoms with Crippen LogP contribution in [0.5, 0.6) is 0 Å². The quantitative estimate of drug-likeness (QED) is 0.453. The highest BCUT2D eigenvalue weighted by molar-refractivity contribution is 9.11. The van der Waals surface area contributed by atoms with Crippen LogP contribution in [0.1, 0.15) is 16.1 Å². The third-order valence-electron chi connectivity index (χ3n) is 2.90. The van der Waals surface area contributed by atoms with E-state index >= 15 is 0 Å². The molecule has 0 saturated heterocycles. The van der Waals surface area contributed by atoms with Gasteiger partial charge in [0.15, 0.2) is 5.69 Å². The highest BCUT2D eigenvalue weighted by atomic mass is 79.9. The van der Waals surface area contributed by atoms with Gasteiger partial charge in [-0.25, -0.2) is 5.43 Å². The van der Waals surface area contributed by atoms with E-state index in [1.165, 1.54) is 0 Å². The van der Waals surface area contributed by atoms with Crippen LogP contribution in [-0.4, -0.2) is 22.3 Å². The van der Waals surface area contributed by atoms with Crippen molar-refractivity contribution >= 4 is 55.3 Å². The molecule has 0 aliphatic heterocycles. The fourth-order valence-electron chi connectivity index (χ4n) is 1.79. The maximum Gasteiger partial charge on any atom is 0.291 e. The molecule has 3 rings (SSSR count). The summed E-state index contributed by atoms with van der Waals surface area (Å²) in [6.45, 7) is 0. The van der Waals surface area contributed by atoms with Crippen LogP contribution in [-0.2, 0) is 0 Å². The fraction of sp³-hybridized carbons (Fsp3) is 0. The number of hydrazone groups is 1. The van der Waals surface area contributed by atoms with Crippen molar-refractivity contribution in [3.8, 4) is 10.6 Å². The summed E-state index contributed by atoms with van der Waals surface area (Å²) in [6.07, 6.45) is 1.58. The number of halogens is 2. The zero-order valence-corrected chi connectivity index (χ0v) is 15.6. The highest BCUT2D eigenvalue weighted by Crippen LogP contribution is 2.30. The summed E-state index contributed by atoms with van der Waals surface area (Å²) in [5.74, 6) is -0.364. The van der Waals surface area contributed by atoms with Crippen LogP contribution < -0.4 is 5.43 Å². The summed E-state index contributed by atoms with van der Waals surface area (Å²) in [6, 6.07) is 13.2. The molecule has 3 aromatic rings. The van der Waals surface area contributed by atoms with Gasteiger partial charge in [-0.3, -0.25) is 9.89 Å². The highest BCUT2D eigenvalue weighted by Gasteiger charge is 2.11. The van der Waals surface area contributed by atoms with E-state index in [4.69, 9.17) is 0 Å². The number of carbonyl (C=O) groups is 1. The lowest BCUT2D eigenvalue weighted by molar-refractivity contribution is 0.0950. The molecule has 23 heavy (non-hydrogen) atoms. The number of nitrogens with one attached hydrogen (secondary N) is 2. The number of aromatic nitrogens is 2. The fourth-order valence-corrected chi connectivity index (χ4v) is 3.41. The number of rotatable bonds is 4. The average Bonchev–Trinajstić information content (AvgIpc) is 3.18. The number of benzene rings is 1. The van der Waals surface area contributed by atoms with Gasteiger partial charge in [0.25, 0.3) is 5.91 Å². The van der Waals surface area contributed by atoms with Crippen LogP contribution >= 0.6 is 43.2 Å². The first-order chi connectivity index (χ1) is 11.1. The molecule has 0 fully saturated rings. The molecule has 116 valence electrons. The van der Waals surface area contributed by atoms with E-state index in [-0.39, 0.29) is 11.6 Å². The first-order valence-corrected chi connectivity index (χ1v) is 8.92. The first kappa shape index (κ1) is 16.1. The van der Waals surface area contributed by atoms with Crippen LogP contribution in [0.4, 0.5) is 0 Å². The van der Waals surface area contributed by atoms with Gasteiger partial charge in [-0.2, -0.15) is 10.2 Å². The number of nitrogens with zero attached hydrogens (tertiary/aromatic N) is 2. The number of amides is 1. The van der Waals surface area contributed by atoms with Crippen molar-refractivity contribution in [2.75, 3.05) is 0 Å². The topological polar surface area (TPSA) is 70.1 Å². The Kier molecular flexibility index (Phi) is 5.04. The van der Waals surface area contributed by atoms with Crippen LogP contribution in [0.2, 0.25) is 0 Å². The minimum Gasteiger partial charge on any atom is -0.276 e. The second kappa shape index (κ2) is 7.20. The number of hydrogen-bond donors (Lipinski definition) is 2. The van der Waals surface area contributed by atoms with Crippen LogP contribution in [0, 0.1) is 0 Å². The van der Waals surface area contributed by atoms with Gasteiger partial charge in [-0.05, 0) is 51.8 Å². The Bertz CT molecular complexity index is 855. The number of carbonyl (C=O) groups excluding carboxylic acids is 1. The molecule has 0 spiro atoms. The molecular formula is C15H10Br2N4OS. The van der Waals surface area contributed by atoms with E-state index in [1.54, 1.807) is 23.6 Å². The van der Waals surface area contributed by atoms with Crippen molar-refractivity contribution < 1.29 is 4.79 Å². The van der Waals surface area contributed by atoms with E-state index in [0.717, 1.165) is 24.4 Å². The van der Waals surface area contributed by atoms with Crippen molar-refractivity contribution in [1.82, 2.24) is 15.6 Å². The number of H-pyrrole nitrogens is 1. The molecule has 5 nitrogen and oxygen atoms in total. The third-order valence-corrected chi connectivity index (χ3v) is 5.08. The zero-order chi connectivity index (χ0) is 16.2. The minimum absolute atomic E-state index is 0.289. The maximum absolute atomic E-state index is 12.0. The van der Waals surface area contributed by atoms with Gasteiger partial charge in [0.05, 0.1) is 20.6 Å². The normalized spacial score (nSPS) is 11.0. The summed E-state index contributed by atoms with van der Waals surface area (Å²) in [4.78, 5) is 13.0. The van der Waals surface area contributed by atoms with Gasteiger partial charge in [-0.15, -0.1) is 11.3 Å². The van der Waals surface area contributed by atoms with Crippen LogP contribution in [0.15, 0.2) is 55.8 Å². The summed E-state index contributed by atoms with van der Waals surface area (Å²) in [5.41, 5.74) is 4.43. The standard InChI is InChI=1S/C15H10Br2N4OS/c16-10-3-1-9(2-4-10)8-18-21-15(22)12-7-11(19-20-12)13-5-6-14(17)23-13/h1-8H,(H,19,20)(H,21,22)/b18-8+. The van der Waals surface area contributed by atoms with E-state index in [0.29, 0.717) is 0 Å². The molecule has 1 aromatic carbocycles. The average molecular weight is 454 g/mol. The first-order valence-electron chi connectivity index (χ1n) is 6.52. The Morgan fingerprint density at radius 2 is 2.00 bits per heavy atom. The van der Waals surface area contributed by atoms with Crippen molar-refractivity contribution in [1.29, 1.82) is 0 Å². The maximum atomic E-state index is 12.0. The Morgan fingerprint density at radius 3 is 2.70 bits per heavy atom. The monoisotopic (exact) mass is 452 g/mol. The summed E-state index contributed by atoms with van der Waals surface area (Å²) in [5, 5.41) is 10.8. The SMILES string of the molecule is O=C(N/N=C/c1ccc(Br)cc1)c1cc(-c2ccc(Br)s2)[nH]n1. The second-order valence-electron chi connectivity index (χ2n) is 4.52. The van der Waals surface area contributed by atoms with Gasteiger partial charge >= 0.3 is 0 Å². The lowest BCUT2D eigenvalue weighted by atomic mass is 10.2. The molecule has 0 aliphatic carbocycles. The minimum atomic E-state index is -0.364. The van der Waals surface area contributed by atoms with Crippen LogP contribution in [0.3, 0.4) is 0 Å². The summed E-state index contributed by atoms with van der Waals surface area (Å²) in [7, 11) is 0.